The van der Waals surface area contributed by atoms with Crippen LogP contribution in [0.2, 0.25) is 0 Å². The SMILES string of the molecule is C=CCON=C(C)c1cc(C(=O)N[C@@H](Cc2cc(F)cc(F)c2)[C@H](O)CNCc2cccc(OC)c2)cc(C(=O)N(CCC)CCC)c1. The molecule has 0 spiro atoms. The van der Waals surface area contributed by atoms with Crippen molar-refractivity contribution in [1.82, 2.24) is 15.5 Å². The first-order valence-corrected chi connectivity index (χ1v) is 16.1. The molecule has 11 heteroatoms. The van der Waals surface area contributed by atoms with Gasteiger partial charge >= 0.3 is 0 Å². The first kappa shape index (κ1) is 37.8. The van der Waals surface area contributed by atoms with Crippen molar-refractivity contribution in [1.29, 1.82) is 0 Å². The van der Waals surface area contributed by atoms with E-state index in [4.69, 9.17) is 9.57 Å². The minimum Gasteiger partial charge on any atom is -0.497 e. The van der Waals surface area contributed by atoms with E-state index in [0.29, 0.717) is 42.2 Å². The lowest BCUT2D eigenvalue weighted by Crippen LogP contribution is -2.48. The summed E-state index contributed by atoms with van der Waals surface area (Å²) in [7, 11) is 1.57. The second-order valence-electron chi connectivity index (χ2n) is 11.5. The zero-order valence-electron chi connectivity index (χ0n) is 28.1. The fraction of sp³-hybridized carbons (Fsp3) is 0.378. The molecule has 0 saturated heterocycles. The summed E-state index contributed by atoms with van der Waals surface area (Å²) in [6.45, 7) is 11.0. The van der Waals surface area contributed by atoms with E-state index in [-0.39, 0.29) is 36.6 Å². The number of methoxy groups -OCH3 is 1. The highest BCUT2D eigenvalue weighted by Crippen LogP contribution is 2.18. The minimum atomic E-state index is -1.16. The summed E-state index contributed by atoms with van der Waals surface area (Å²) in [4.78, 5) is 34.5. The summed E-state index contributed by atoms with van der Waals surface area (Å²) in [5.41, 5.74) is 2.54. The van der Waals surface area contributed by atoms with E-state index < -0.39 is 29.7 Å². The summed E-state index contributed by atoms with van der Waals surface area (Å²) in [5, 5.41) is 21.4. The van der Waals surface area contributed by atoms with Crippen LogP contribution in [0.5, 0.6) is 5.75 Å². The van der Waals surface area contributed by atoms with Crippen molar-refractivity contribution in [3.63, 3.8) is 0 Å². The van der Waals surface area contributed by atoms with Crippen LogP contribution in [0.15, 0.2) is 78.5 Å². The number of rotatable bonds is 19. The van der Waals surface area contributed by atoms with Crippen LogP contribution >= 0.6 is 0 Å². The van der Waals surface area contributed by atoms with Gasteiger partial charge in [0.15, 0.2) is 0 Å². The Labute approximate surface area is 281 Å². The number of hydrogen-bond acceptors (Lipinski definition) is 7. The average molecular weight is 665 g/mol. The van der Waals surface area contributed by atoms with Gasteiger partial charge in [-0.1, -0.05) is 43.8 Å². The molecule has 0 heterocycles. The molecule has 2 atom stereocenters. The van der Waals surface area contributed by atoms with Crippen molar-refractivity contribution in [3.05, 3.63) is 113 Å². The Kier molecular flexibility index (Phi) is 15.2. The Balaban J connectivity index is 1.94. The van der Waals surface area contributed by atoms with Gasteiger partial charge in [-0.15, -0.1) is 0 Å². The van der Waals surface area contributed by atoms with Crippen LogP contribution in [-0.2, 0) is 17.8 Å². The van der Waals surface area contributed by atoms with Crippen LogP contribution in [0, 0.1) is 11.6 Å². The first-order valence-electron chi connectivity index (χ1n) is 16.1. The third-order valence-corrected chi connectivity index (χ3v) is 7.50. The molecule has 0 radical (unpaired) electrons. The summed E-state index contributed by atoms with van der Waals surface area (Å²) in [6, 6.07) is 14.3. The van der Waals surface area contributed by atoms with Gasteiger partial charge in [0.2, 0.25) is 0 Å². The smallest absolute Gasteiger partial charge is 0.253 e. The molecule has 3 aromatic rings. The highest BCUT2D eigenvalue weighted by molar-refractivity contribution is 6.06. The number of carbonyl (C=O) groups excluding carboxylic acids is 2. The maximum absolute atomic E-state index is 14.1. The van der Waals surface area contributed by atoms with Crippen molar-refractivity contribution in [3.8, 4) is 5.75 Å². The molecule has 0 aliphatic carbocycles. The fourth-order valence-corrected chi connectivity index (χ4v) is 5.17. The van der Waals surface area contributed by atoms with Gasteiger partial charge in [0.1, 0.15) is 24.0 Å². The average Bonchev–Trinajstić information content (AvgIpc) is 3.07. The topological polar surface area (TPSA) is 112 Å². The molecule has 2 amide bonds. The zero-order chi connectivity index (χ0) is 35.1. The van der Waals surface area contributed by atoms with E-state index in [1.54, 1.807) is 37.1 Å². The van der Waals surface area contributed by atoms with Crippen LogP contribution in [-0.4, -0.2) is 73.0 Å². The molecule has 0 unspecified atom stereocenters. The van der Waals surface area contributed by atoms with Crippen molar-refractivity contribution in [2.45, 2.75) is 58.7 Å². The van der Waals surface area contributed by atoms with Crippen LogP contribution in [0.1, 0.15) is 71.0 Å². The van der Waals surface area contributed by atoms with E-state index in [0.717, 1.165) is 36.6 Å². The summed E-state index contributed by atoms with van der Waals surface area (Å²) >= 11 is 0. The highest BCUT2D eigenvalue weighted by atomic mass is 19.1. The van der Waals surface area contributed by atoms with Gasteiger partial charge in [0.05, 0.1) is 25.0 Å². The van der Waals surface area contributed by atoms with Crippen molar-refractivity contribution in [2.24, 2.45) is 5.16 Å². The molecule has 0 saturated carbocycles. The third-order valence-electron chi connectivity index (χ3n) is 7.50. The van der Waals surface area contributed by atoms with E-state index in [1.165, 1.54) is 6.07 Å². The standard InChI is InChI=1S/C37H46F2N4O5/c1-6-12-43(13-7-2)37(46)30-20-28(25(4)42-48-14-8-3)19-29(21-30)36(45)41-34(18-27-15-31(38)22-32(39)16-27)35(44)24-40-23-26-10-9-11-33(17-26)47-5/h8-11,15-17,19-22,34-35,40,44H,3,6-7,12-14,18,23-24H2,1-2,4-5H3,(H,41,45)/t34-,35+/m0/s1. The normalized spacial score (nSPS) is 12.6. The molecular weight excluding hydrogens is 618 g/mol. The van der Waals surface area contributed by atoms with Gasteiger partial charge in [0, 0.05) is 48.9 Å². The molecule has 0 aromatic heterocycles. The molecular formula is C37H46F2N4O5. The van der Waals surface area contributed by atoms with Gasteiger partial charge in [-0.25, -0.2) is 8.78 Å². The van der Waals surface area contributed by atoms with E-state index >= 15 is 0 Å². The number of aliphatic hydroxyl groups excluding tert-OH is 1. The van der Waals surface area contributed by atoms with Gasteiger partial charge < -0.3 is 30.2 Å². The monoisotopic (exact) mass is 664 g/mol. The van der Waals surface area contributed by atoms with Crippen molar-refractivity contribution >= 4 is 17.5 Å². The number of oxime groups is 1. The highest BCUT2D eigenvalue weighted by Gasteiger charge is 2.25. The fourth-order valence-electron chi connectivity index (χ4n) is 5.17. The molecule has 0 aliphatic heterocycles. The second-order valence-corrected chi connectivity index (χ2v) is 11.5. The van der Waals surface area contributed by atoms with Gasteiger partial charge in [-0.2, -0.15) is 0 Å². The number of benzene rings is 3. The lowest BCUT2D eigenvalue weighted by atomic mass is 9.98. The first-order chi connectivity index (χ1) is 23.1. The molecule has 258 valence electrons. The van der Waals surface area contributed by atoms with Crippen LogP contribution in [0.3, 0.4) is 0 Å². The number of ether oxygens (including phenoxy) is 1. The largest absolute Gasteiger partial charge is 0.497 e. The second kappa shape index (κ2) is 19.3. The molecule has 0 aliphatic rings. The summed E-state index contributed by atoms with van der Waals surface area (Å²) in [6.07, 6.45) is 1.85. The van der Waals surface area contributed by atoms with Gasteiger partial charge in [-0.05, 0) is 79.8 Å². The molecule has 48 heavy (non-hydrogen) atoms. The Bertz CT molecular complexity index is 1540. The maximum Gasteiger partial charge on any atom is 0.253 e. The van der Waals surface area contributed by atoms with Crippen LogP contribution < -0.4 is 15.4 Å². The van der Waals surface area contributed by atoms with E-state index in [2.05, 4.69) is 22.4 Å². The van der Waals surface area contributed by atoms with Crippen molar-refractivity contribution < 1.29 is 33.1 Å². The predicted octanol–water partition coefficient (Wildman–Crippen LogP) is 5.65. The number of aliphatic hydroxyl groups is 1. The Morgan fingerprint density at radius 1 is 0.979 bits per heavy atom. The van der Waals surface area contributed by atoms with Gasteiger partial charge in [-0.3, -0.25) is 9.59 Å². The van der Waals surface area contributed by atoms with Crippen LogP contribution in [0.4, 0.5) is 8.78 Å². The Hall–Kier alpha value is -4.61. The molecule has 0 fully saturated rings. The minimum absolute atomic E-state index is 0.0547. The number of nitrogens with zero attached hydrogens (tertiary/aromatic N) is 2. The number of hydrogen-bond donors (Lipinski definition) is 3. The maximum atomic E-state index is 14.1. The van der Waals surface area contributed by atoms with Crippen LogP contribution in [0.25, 0.3) is 0 Å². The number of halogens is 2. The number of amides is 2. The van der Waals surface area contributed by atoms with E-state index in [1.807, 2.05) is 38.1 Å². The quantitative estimate of drug-likeness (QED) is 0.0661. The Morgan fingerprint density at radius 3 is 2.29 bits per heavy atom. The third kappa shape index (κ3) is 11.6. The molecule has 9 nitrogen and oxygen atoms in total. The van der Waals surface area contributed by atoms with Gasteiger partial charge in [0.25, 0.3) is 11.8 Å². The Morgan fingerprint density at radius 2 is 1.65 bits per heavy atom. The predicted molar refractivity (Wildman–Crippen MR) is 183 cm³/mol. The molecule has 3 rings (SSSR count). The lowest BCUT2D eigenvalue weighted by Gasteiger charge is -2.26. The number of nitrogens with one attached hydrogen (secondary N) is 2. The van der Waals surface area contributed by atoms with E-state index in [9.17, 15) is 23.5 Å². The molecule has 0 bridgehead atoms. The molecule has 3 N–H and O–H groups in total. The molecule has 3 aromatic carbocycles. The lowest BCUT2D eigenvalue weighted by molar-refractivity contribution is 0.0755. The summed E-state index contributed by atoms with van der Waals surface area (Å²) in [5.74, 6) is -1.67. The zero-order valence-corrected chi connectivity index (χ0v) is 28.1. The number of carbonyl (C=O) groups is 2. The summed E-state index contributed by atoms with van der Waals surface area (Å²) < 4.78 is 33.5. The van der Waals surface area contributed by atoms with Crippen molar-refractivity contribution in [2.75, 3.05) is 33.4 Å².